The van der Waals surface area contributed by atoms with E-state index in [0.717, 1.165) is 12.2 Å². The van der Waals surface area contributed by atoms with Crippen LogP contribution in [-0.2, 0) is 6.54 Å². The third kappa shape index (κ3) is 4.67. The molecule has 19 heavy (non-hydrogen) atoms. The Balaban J connectivity index is 2.55. The van der Waals surface area contributed by atoms with Crippen molar-refractivity contribution in [1.82, 2.24) is 15.1 Å². The molecule has 1 atom stereocenters. The standard InChI is InChI=1S/C14H25N3O2/c1-5-12(18)6-7-15-14(19)13-8-16-17(11(13)4)9-10(2)3/h8,10,12,18H,5-7,9H2,1-4H3,(H,15,19). The molecule has 0 aromatic carbocycles. The van der Waals surface area contributed by atoms with Crippen molar-refractivity contribution in [3.63, 3.8) is 0 Å². The Morgan fingerprint density at radius 1 is 1.53 bits per heavy atom. The molecule has 0 fully saturated rings. The van der Waals surface area contributed by atoms with E-state index in [1.54, 1.807) is 6.20 Å². The van der Waals surface area contributed by atoms with Gasteiger partial charge in [-0.3, -0.25) is 9.48 Å². The quantitative estimate of drug-likeness (QED) is 0.790. The van der Waals surface area contributed by atoms with Crippen LogP contribution in [0.25, 0.3) is 0 Å². The molecule has 1 aromatic heterocycles. The number of rotatable bonds is 7. The molecule has 1 amide bonds. The predicted octanol–water partition coefficient (Wildman–Crippen LogP) is 1.74. The number of carbonyl (C=O) groups excluding carboxylic acids is 1. The zero-order valence-corrected chi connectivity index (χ0v) is 12.3. The fourth-order valence-corrected chi connectivity index (χ4v) is 1.85. The number of carbonyl (C=O) groups is 1. The third-order valence-corrected chi connectivity index (χ3v) is 3.12. The van der Waals surface area contributed by atoms with Gasteiger partial charge in [0, 0.05) is 18.8 Å². The van der Waals surface area contributed by atoms with Crippen LogP contribution in [0.4, 0.5) is 0 Å². The summed E-state index contributed by atoms with van der Waals surface area (Å²) in [5.74, 6) is 0.380. The van der Waals surface area contributed by atoms with Crippen molar-refractivity contribution in [1.29, 1.82) is 0 Å². The van der Waals surface area contributed by atoms with Crippen molar-refractivity contribution in [3.05, 3.63) is 17.5 Å². The van der Waals surface area contributed by atoms with Crippen LogP contribution < -0.4 is 5.32 Å². The first-order valence-electron chi connectivity index (χ1n) is 6.94. The Labute approximate surface area is 115 Å². The van der Waals surface area contributed by atoms with Gasteiger partial charge in [-0.25, -0.2) is 0 Å². The van der Waals surface area contributed by atoms with E-state index in [0.29, 0.717) is 30.9 Å². The summed E-state index contributed by atoms with van der Waals surface area (Å²) < 4.78 is 1.86. The molecule has 0 aliphatic carbocycles. The second-order valence-corrected chi connectivity index (χ2v) is 5.33. The summed E-state index contributed by atoms with van der Waals surface area (Å²) in [7, 11) is 0. The van der Waals surface area contributed by atoms with Gasteiger partial charge in [-0.2, -0.15) is 5.10 Å². The molecular formula is C14H25N3O2. The molecule has 0 aliphatic heterocycles. The lowest BCUT2D eigenvalue weighted by molar-refractivity contribution is 0.0941. The Morgan fingerprint density at radius 2 is 2.21 bits per heavy atom. The van der Waals surface area contributed by atoms with Crippen LogP contribution >= 0.6 is 0 Å². The SMILES string of the molecule is CCC(O)CCNC(=O)c1cnn(CC(C)C)c1C. The maximum atomic E-state index is 12.0. The zero-order chi connectivity index (χ0) is 14.4. The van der Waals surface area contributed by atoms with Crippen molar-refractivity contribution in [2.45, 2.75) is 53.2 Å². The van der Waals surface area contributed by atoms with E-state index < -0.39 is 0 Å². The van der Waals surface area contributed by atoms with Crippen LogP contribution in [0.1, 0.15) is 49.7 Å². The van der Waals surface area contributed by atoms with Crippen LogP contribution in [0.5, 0.6) is 0 Å². The topological polar surface area (TPSA) is 67.2 Å². The van der Waals surface area contributed by atoms with Gasteiger partial charge in [-0.05, 0) is 25.7 Å². The normalized spacial score (nSPS) is 12.7. The summed E-state index contributed by atoms with van der Waals surface area (Å²) in [6.07, 6.45) is 2.57. The summed E-state index contributed by atoms with van der Waals surface area (Å²) in [5, 5.41) is 16.5. The van der Waals surface area contributed by atoms with E-state index >= 15 is 0 Å². The minimum absolute atomic E-state index is 0.115. The number of nitrogens with zero attached hydrogens (tertiary/aromatic N) is 2. The number of hydrogen-bond acceptors (Lipinski definition) is 3. The van der Waals surface area contributed by atoms with Gasteiger partial charge in [-0.1, -0.05) is 20.8 Å². The average Bonchev–Trinajstić information content (AvgIpc) is 2.70. The van der Waals surface area contributed by atoms with Gasteiger partial charge in [0.25, 0.3) is 5.91 Å². The Kier molecular flexibility index (Phi) is 6.02. The van der Waals surface area contributed by atoms with Gasteiger partial charge in [0.15, 0.2) is 0 Å². The molecule has 0 bridgehead atoms. The van der Waals surface area contributed by atoms with Gasteiger partial charge < -0.3 is 10.4 Å². The van der Waals surface area contributed by atoms with Crippen molar-refractivity contribution in [2.24, 2.45) is 5.92 Å². The largest absolute Gasteiger partial charge is 0.393 e. The molecule has 2 N–H and O–H groups in total. The number of hydrogen-bond donors (Lipinski definition) is 2. The van der Waals surface area contributed by atoms with E-state index in [2.05, 4.69) is 24.3 Å². The smallest absolute Gasteiger partial charge is 0.254 e. The minimum atomic E-state index is -0.343. The van der Waals surface area contributed by atoms with E-state index in [1.165, 1.54) is 0 Å². The molecule has 1 heterocycles. The zero-order valence-electron chi connectivity index (χ0n) is 12.3. The summed E-state index contributed by atoms with van der Waals surface area (Å²) in [4.78, 5) is 12.0. The van der Waals surface area contributed by atoms with Crippen LogP contribution in [-0.4, -0.2) is 33.4 Å². The van der Waals surface area contributed by atoms with Crippen molar-refractivity contribution < 1.29 is 9.90 Å². The van der Waals surface area contributed by atoms with E-state index in [-0.39, 0.29) is 12.0 Å². The third-order valence-electron chi connectivity index (χ3n) is 3.12. The van der Waals surface area contributed by atoms with E-state index in [1.807, 2.05) is 18.5 Å². The van der Waals surface area contributed by atoms with Crippen LogP contribution in [0.2, 0.25) is 0 Å². The highest BCUT2D eigenvalue weighted by atomic mass is 16.3. The summed E-state index contributed by atoms with van der Waals surface area (Å²) in [6.45, 7) is 9.37. The second-order valence-electron chi connectivity index (χ2n) is 5.33. The number of aliphatic hydroxyl groups excluding tert-OH is 1. The number of amides is 1. The van der Waals surface area contributed by atoms with Crippen molar-refractivity contribution in [3.8, 4) is 0 Å². The number of aromatic nitrogens is 2. The summed E-state index contributed by atoms with van der Waals surface area (Å²) >= 11 is 0. The van der Waals surface area contributed by atoms with Gasteiger partial charge in [-0.15, -0.1) is 0 Å². The van der Waals surface area contributed by atoms with Gasteiger partial charge in [0.1, 0.15) is 0 Å². The second kappa shape index (κ2) is 7.28. The average molecular weight is 267 g/mol. The van der Waals surface area contributed by atoms with Gasteiger partial charge in [0.2, 0.25) is 0 Å². The first-order valence-corrected chi connectivity index (χ1v) is 6.94. The van der Waals surface area contributed by atoms with E-state index in [9.17, 15) is 9.90 Å². The molecule has 108 valence electrons. The highest BCUT2D eigenvalue weighted by Gasteiger charge is 2.14. The highest BCUT2D eigenvalue weighted by molar-refractivity contribution is 5.94. The molecule has 0 spiro atoms. The fourth-order valence-electron chi connectivity index (χ4n) is 1.85. The molecule has 0 saturated carbocycles. The molecule has 5 nitrogen and oxygen atoms in total. The summed E-state index contributed by atoms with van der Waals surface area (Å²) in [6, 6.07) is 0. The fraction of sp³-hybridized carbons (Fsp3) is 0.714. The molecule has 1 unspecified atom stereocenters. The molecular weight excluding hydrogens is 242 g/mol. The van der Waals surface area contributed by atoms with Gasteiger partial charge >= 0.3 is 0 Å². The van der Waals surface area contributed by atoms with Crippen molar-refractivity contribution >= 4 is 5.91 Å². The number of nitrogens with one attached hydrogen (secondary N) is 1. The Morgan fingerprint density at radius 3 is 2.79 bits per heavy atom. The molecule has 1 aromatic rings. The maximum Gasteiger partial charge on any atom is 0.254 e. The first-order chi connectivity index (χ1) is 8.95. The molecule has 0 saturated heterocycles. The Hall–Kier alpha value is -1.36. The van der Waals surface area contributed by atoms with Crippen LogP contribution in [0, 0.1) is 12.8 Å². The Bertz CT molecular complexity index is 413. The molecule has 0 radical (unpaired) electrons. The first kappa shape index (κ1) is 15.7. The van der Waals surface area contributed by atoms with Crippen LogP contribution in [0.3, 0.4) is 0 Å². The lowest BCUT2D eigenvalue weighted by Crippen LogP contribution is -2.27. The number of aliphatic hydroxyl groups is 1. The monoisotopic (exact) mass is 267 g/mol. The molecule has 5 heteroatoms. The van der Waals surface area contributed by atoms with Crippen LogP contribution in [0.15, 0.2) is 6.20 Å². The lowest BCUT2D eigenvalue weighted by atomic mass is 10.2. The summed E-state index contributed by atoms with van der Waals surface area (Å²) in [5.41, 5.74) is 1.51. The predicted molar refractivity (Wildman–Crippen MR) is 75.1 cm³/mol. The van der Waals surface area contributed by atoms with Crippen molar-refractivity contribution in [2.75, 3.05) is 6.54 Å². The lowest BCUT2D eigenvalue weighted by Gasteiger charge is -2.10. The van der Waals surface area contributed by atoms with Gasteiger partial charge in [0.05, 0.1) is 17.9 Å². The molecule has 1 rings (SSSR count). The minimum Gasteiger partial charge on any atom is -0.393 e. The van der Waals surface area contributed by atoms with E-state index in [4.69, 9.17) is 0 Å². The highest BCUT2D eigenvalue weighted by Crippen LogP contribution is 2.09. The molecule has 0 aliphatic rings. The maximum absolute atomic E-state index is 12.0.